The van der Waals surface area contributed by atoms with Crippen LogP contribution in [0.5, 0.6) is 11.5 Å². The van der Waals surface area contributed by atoms with E-state index in [1.54, 1.807) is 0 Å². The number of hydrogen-bond donors (Lipinski definition) is 1. The van der Waals surface area contributed by atoms with Crippen molar-refractivity contribution in [2.45, 2.75) is 46.7 Å². The lowest BCUT2D eigenvalue weighted by atomic mass is 9.96. The zero-order valence-corrected chi connectivity index (χ0v) is 24.9. The van der Waals surface area contributed by atoms with Gasteiger partial charge in [-0.3, -0.25) is 4.98 Å². The maximum absolute atomic E-state index is 6.18. The van der Waals surface area contributed by atoms with E-state index in [0.29, 0.717) is 5.11 Å². The fourth-order valence-electron chi connectivity index (χ4n) is 6.01. The Kier molecular flexibility index (Phi) is 7.10. The summed E-state index contributed by atoms with van der Waals surface area (Å²) in [6.45, 7) is 10.8. The van der Waals surface area contributed by atoms with Gasteiger partial charge in [-0.15, -0.1) is 0 Å². The lowest BCUT2D eigenvalue weighted by Gasteiger charge is -2.28. The number of hydrogen-bond acceptors (Lipinski definition) is 3. The van der Waals surface area contributed by atoms with Crippen LogP contribution in [0.25, 0.3) is 5.69 Å². The summed E-state index contributed by atoms with van der Waals surface area (Å²) >= 11 is 6.00. The quantitative estimate of drug-likeness (QED) is 0.212. The molecule has 0 unspecified atom stereocenters. The Hall–Kier alpha value is -4.42. The second kappa shape index (κ2) is 10.9. The van der Waals surface area contributed by atoms with Gasteiger partial charge in [0.1, 0.15) is 11.5 Å². The summed E-state index contributed by atoms with van der Waals surface area (Å²) in [7, 11) is 0. The van der Waals surface area contributed by atoms with E-state index in [2.05, 4.69) is 97.9 Å². The van der Waals surface area contributed by atoms with E-state index < -0.39 is 0 Å². The molecule has 2 aromatic heterocycles. The first-order valence-electron chi connectivity index (χ1n) is 13.9. The number of para-hydroxylation sites is 2. The maximum atomic E-state index is 6.18. The first-order valence-corrected chi connectivity index (χ1v) is 14.3. The van der Waals surface area contributed by atoms with E-state index in [1.165, 1.54) is 33.8 Å². The van der Waals surface area contributed by atoms with Gasteiger partial charge in [0, 0.05) is 23.3 Å². The van der Waals surface area contributed by atoms with Gasteiger partial charge >= 0.3 is 0 Å². The summed E-state index contributed by atoms with van der Waals surface area (Å²) in [4.78, 5) is 6.96. The van der Waals surface area contributed by atoms with Gasteiger partial charge < -0.3 is 19.5 Å². The molecule has 0 radical (unpaired) electrons. The Morgan fingerprint density at radius 3 is 2.15 bits per heavy atom. The van der Waals surface area contributed by atoms with E-state index in [0.717, 1.165) is 28.4 Å². The van der Waals surface area contributed by atoms with Crippen molar-refractivity contribution in [3.63, 3.8) is 0 Å². The van der Waals surface area contributed by atoms with Gasteiger partial charge in [-0.05, 0) is 118 Å². The van der Waals surface area contributed by atoms with Crippen LogP contribution in [-0.2, 0) is 0 Å². The Morgan fingerprint density at radius 2 is 1.46 bits per heavy atom. The number of nitrogens with one attached hydrogen (secondary N) is 1. The Labute approximate surface area is 247 Å². The van der Waals surface area contributed by atoms with E-state index in [4.69, 9.17) is 21.9 Å². The molecule has 41 heavy (non-hydrogen) atoms. The standard InChI is InChI=1S/C35H34N4OS/c1-22-11-6-7-15-31(22)40-28-18-16-27(17-19-28)39-34(32(37-35(39)41)30-14-8-9-20-36-30)29-21-25(4)38(26(29)5)33-23(2)12-10-13-24(33)3/h6-21,32,34H,1-5H3,(H,37,41)/t32-,34-/m0/s1. The van der Waals surface area contributed by atoms with Crippen LogP contribution in [0.1, 0.15) is 51.4 Å². The molecule has 1 N–H and O–H groups in total. The number of aryl methyl sites for hydroxylation is 4. The van der Waals surface area contributed by atoms with Crippen LogP contribution in [0.3, 0.4) is 0 Å². The molecular formula is C35H34N4OS. The summed E-state index contributed by atoms with van der Waals surface area (Å²) in [5, 5.41) is 4.28. The largest absolute Gasteiger partial charge is 0.457 e. The van der Waals surface area contributed by atoms with Gasteiger partial charge in [0.15, 0.2) is 5.11 Å². The first-order chi connectivity index (χ1) is 19.8. The van der Waals surface area contributed by atoms with E-state index >= 15 is 0 Å². The highest BCUT2D eigenvalue weighted by Gasteiger charge is 2.42. The zero-order chi connectivity index (χ0) is 28.7. The van der Waals surface area contributed by atoms with Gasteiger partial charge in [0.2, 0.25) is 0 Å². The molecule has 2 atom stereocenters. The molecule has 1 fully saturated rings. The van der Waals surface area contributed by atoms with E-state index in [1.807, 2.05) is 48.7 Å². The van der Waals surface area contributed by atoms with Crippen LogP contribution in [-0.4, -0.2) is 14.7 Å². The summed E-state index contributed by atoms with van der Waals surface area (Å²) in [5.41, 5.74) is 10.4. The third kappa shape index (κ3) is 4.89. The monoisotopic (exact) mass is 558 g/mol. The second-order valence-electron chi connectivity index (χ2n) is 10.8. The molecule has 1 aliphatic heterocycles. The minimum atomic E-state index is -0.112. The third-order valence-electron chi connectivity index (χ3n) is 7.99. The number of ether oxygens (including phenoxy) is 1. The number of nitrogens with zero attached hydrogens (tertiary/aromatic N) is 3. The summed E-state index contributed by atoms with van der Waals surface area (Å²) in [6, 6.07) is 30.9. The van der Waals surface area contributed by atoms with Crippen molar-refractivity contribution in [3.05, 3.63) is 137 Å². The van der Waals surface area contributed by atoms with Crippen molar-refractivity contribution in [2.24, 2.45) is 0 Å². The minimum Gasteiger partial charge on any atom is -0.457 e. The highest BCUT2D eigenvalue weighted by molar-refractivity contribution is 7.80. The first kappa shape index (κ1) is 26.8. The molecule has 3 heterocycles. The molecule has 1 aliphatic rings. The lowest BCUT2D eigenvalue weighted by molar-refractivity contribution is 0.479. The third-order valence-corrected chi connectivity index (χ3v) is 8.30. The van der Waals surface area contributed by atoms with Crippen molar-refractivity contribution >= 4 is 23.0 Å². The molecule has 206 valence electrons. The minimum absolute atomic E-state index is 0.0928. The van der Waals surface area contributed by atoms with Crippen LogP contribution in [0.2, 0.25) is 0 Å². The molecule has 6 rings (SSSR count). The van der Waals surface area contributed by atoms with Gasteiger partial charge in [0.25, 0.3) is 0 Å². The van der Waals surface area contributed by atoms with Gasteiger partial charge in [-0.1, -0.05) is 42.5 Å². The number of aromatic nitrogens is 2. The maximum Gasteiger partial charge on any atom is 0.174 e. The van der Waals surface area contributed by atoms with Crippen LogP contribution < -0.4 is 15.0 Å². The molecule has 0 saturated carbocycles. The van der Waals surface area contributed by atoms with Crippen molar-refractivity contribution in [1.82, 2.24) is 14.9 Å². The van der Waals surface area contributed by atoms with Crippen molar-refractivity contribution < 1.29 is 4.74 Å². The summed E-state index contributed by atoms with van der Waals surface area (Å²) < 4.78 is 8.57. The van der Waals surface area contributed by atoms with Crippen LogP contribution >= 0.6 is 12.2 Å². The normalized spacial score (nSPS) is 16.6. The number of benzene rings is 3. The van der Waals surface area contributed by atoms with Crippen molar-refractivity contribution in [2.75, 3.05) is 4.90 Å². The zero-order valence-electron chi connectivity index (χ0n) is 24.1. The second-order valence-corrected chi connectivity index (χ2v) is 11.1. The van der Waals surface area contributed by atoms with E-state index in [-0.39, 0.29) is 12.1 Å². The fraction of sp³-hybridized carbons (Fsp3) is 0.200. The number of thiocarbonyl (C=S) groups is 1. The van der Waals surface area contributed by atoms with Crippen LogP contribution in [0.4, 0.5) is 5.69 Å². The number of pyridine rings is 1. The topological polar surface area (TPSA) is 42.3 Å². The molecular weight excluding hydrogens is 524 g/mol. The van der Waals surface area contributed by atoms with Crippen LogP contribution in [0, 0.1) is 34.6 Å². The Bertz CT molecular complexity index is 1710. The smallest absolute Gasteiger partial charge is 0.174 e. The molecule has 0 spiro atoms. The van der Waals surface area contributed by atoms with Gasteiger partial charge in [0.05, 0.1) is 23.5 Å². The lowest BCUT2D eigenvalue weighted by Crippen LogP contribution is -2.29. The highest BCUT2D eigenvalue weighted by Crippen LogP contribution is 2.44. The molecule has 0 bridgehead atoms. The SMILES string of the molecule is Cc1ccccc1Oc1ccc(N2C(=S)N[C@@H](c3ccccn3)[C@@H]2c2cc(C)n(-c3c(C)cccc3C)c2C)cc1. The molecule has 6 heteroatoms. The molecule has 5 aromatic rings. The number of anilines is 1. The van der Waals surface area contributed by atoms with Crippen LogP contribution in [0.15, 0.2) is 97.2 Å². The predicted octanol–water partition coefficient (Wildman–Crippen LogP) is 8.38. The molecule has 5 nitrogen and oxygen atoms in total. The molecule has 0 aliphatic carbocycles. The Balaban J connectivity index is 1.44. The van der Waals surface area contributed by atoms with Crippen molar-refractivity contribution in [3.8, 4) is 17.2 Å². The Morgan fingerprint density at radius 1 is 0.780 bits per heavy atom. The van der Waals surface area contributed by atoms with Crippen molar-refractivity contribution in [1.29, 1.82) is 0 Å². The molecule has 1 saturated heterocycles. The van der Waals surface area contributed by atoms with Gasteiger partial charge in [-0.25, -0.2) is 0 Å². The number of rotatable bonds is 6. The summed E-state index contributed by atoms with van der Waals surface area (Å²) in [6.07, 6.45) is 1.84. The summed E-state index contributed by atoms with van der Waals surface area (Å²) in [5.74, 6) is 1.64. The average molecular weight is 559 g/mol. The fourth-order valence-corrected chi connectivity index (χ4v) is 6.36. The highest BCUT2D eigenvalue weighted by atomic mass is 32.1. The average Bonchev–Trinajstić information content (AvgIpc) is 3.46. The van der Waals surface area contributed by atoms with E-state index in [9.17, 15) is 0 Å². The molecule has 0 amide bonds. The predicted molar refractivity (Wildman–Crippen MR) is 170 cm³/mol. The van der Waals surface area contributed by atoms with Gasteiger partial charge in [-0.2, -0.15) is 0 Å². The molecule has 3 aromatic carbocycles.